The van der Waals surface area contributed by atoms with E-state index >= 15 is 0 Å². The Morgan fingerprint density at radius 1 is 1.50 bits per heavy atom. The molecule has 0 amide bonds. The van der Waals surface area contributed by atoms with Crippen LogP contribution in [0.1, 0.15) is 40.0 Å². The summed E-state index contributed by atoms with van der Waals surface area (Å²) >= 11 is 0. The second kappa shape index (κ2) is 5.41. The Hall–Kier alpha value is -0.860. The highest BCUT2D eigenvalue weighted by Crippen LogP contribution is 2.20. The number of rotatable bonds is 4. The van der Waals surface area contributed by atoms with Crippen molar-refractivity contribution in [3.05, 3.63) is 0 Å². The van der Waals surface area contributed by atoms with Gasteiger partial charge in [0.25, 0.3) is 10.2 Å². The maximum atomic E-state index is 12.3. The summed E-state index contributed by atoms with van der Waals surface area (Å²) in [5.74, 6) is -0.171. The molecule has 1 heterocycles. The lowest BCUT2D eigenvalue weighted by atomic mass is 10.1. The molecule has 1 aliphatic rings. The van der Waals surface area contributed by atoms with Crippen molar-refractivity contribution in [1.29, 1.82) is 0 Å². The summed E-state index contributed by atoms with van der Waals surface area (Å²) in [6, 6.07) is -0.0284. The molecule has 1 fully saturated rings. The molecule has 8 heteroatoms. The number of nitrogens with one attached hydrogen (secondary N) is 1. The average Bonchev–Trinajstić information content (AvgIpc) is 2.26. The van der Waals surface area contributed by atoms with Gasteiger partial charge in [-0.2, -0.15) is 17.4 Å². The summed E-state index contributed by atoms with van der Waals surface area (Å²) < 4.78 is 28.4. The lowest BCUT2D eigenvalue weighted by Gasteiger charge is -2.35. The molecule has 1 aliphatic heterocycles. The third-order valence-electron chi connectivity index (χ3n) is 3.18. The van der Waals surface area contributed by atoms with E-state index in [2.05, 4.69) is 9.88 Å². The smallest absolute Gasteiger partial charge is 0.280 e. The molecular formula is C10H22N4O3S. The Labute approximate surface area is 108 Å². The Bertz CT molecular complexity index is 419. The van der Waals surface area contributed by atoms with Crippen LogP contribution in [0.5, 0.6) is 0 Å². The molecule has 1 atom stereocenters. The summed E-state index contributed by atoms with van der Waals surface area (Å²) in [7, 11) is -3.63. The Balaban J connectivity index is 2.87. The van der Waals surface area contributed by atoms with Crippen molar-refractivity contribution in [3.63, 3.8) is 0 Å². The van der Waals surface area contributed by atoms with Gasteiger partial charge < -0.3 is 10.9 Å². The normalized spacial score (nSPS) is 24.2. The monoisotopic (exact) mass is 278 g/mol. The van der Waals surface area contributed by atoms with Crippen molar-refractivity contribution >= 4 is 16.0 Å². The average molecular weight is 278 g/mol. The van der Waals surface area contributed by atoms with Crippen molar-refractivity contribution in [2.75, 3.05) is 6.54 Å². The topological polar surface area (TPSA) is 108 Å². The van der Waals surface area contributed by atoms with Gasteiger partial charge in [-0.05, 0) is 33.6 Å². The highest BCUT2D eigenvalue weighted by atomic mass is 32.2. The lowest BCUT2D eigenvalue weighted by molar-refractivity contribution is 0.262. The number of oxime groups is 1. The van der Waals surface area contributed by atoms with E-state index in [1.165, 1.54) is 4.31 Å². The molecule has 0 aromatic heterocycles. The highest BCUT2D eigenvalue weighted by Gasteiger charge is 2.35. The van der Waals surface area contributed by atoms with Crippen LogP contribution in [0.4, 0.5) is 0 Å². The van der Waals surface area contributed by atoms with E-state index in [4.69, 9.17) is 10.9 Å². The largest absolute Gasteiger partial charge is 0.409 e. The summed E-state index contributed by atoms with van der Waals surface area (Å²) in [6.07, 6.45) is 2.75. The first-order valence-electron chi connectivity index (χ1n) is 5.99. The molecule has 0 radical (unpaired) electrons. The highest BCUT2D eigenvalue weighted by molar-refractivity contribution is 7.87. The van der Waals surface area contributed by atoms with Gasteiger partial charge in [-0.1, -0.05) is 11.6 Å². The Morgan fingerprint density at radius 2 is 2.11 bits per heavy atom. The van der Waals surface area contributed by atoms with Crippen LogP contribution in [0.25, 0.3) is 0 Å². The van der Waals surface area contributed by atoms with E-state index < -0.39 is 15.7 Å². The number of amidine groups is 1. The predicted molar refractivity (Wildman–Crippen MR) is 69.6 cm³/mol. The molecule has 0 bridgehead atoms. The van der Waals surface area contributed by atoms with Gasteiger partial charge in [-0.15, -0.1) is 0 Å². The van der Waals surface area contributed by atoms with Crippen molar-refractivity contribution < 1.29 is 13.6 Å². The zero-order valence-electron chi connectivity index (χ0n) is 11.0. The molecule has 1 rings (SSSR count). The van der Waals surface area contributed by atoms with Crippen LogP contribution in [0.15, 0.2) is 5.16 Å². The minimum absolute atomic E-state index is 0.0284. The molecule has 18 heavy (non-hydrogen) atoms. The fourth-order valence-electron chi connectivity index (χ4n) is 1.99. The summed E-state index contributed by atoms with van der Waals surface area (Å²) in [6.45, 7) is 5.49. The van der Waals surface area contributed by atoms with Crippen molar-refractivity contribution in [2.24, 2.45) is 10.9 Å². The van der Waals surface area contributed by atoms with Crippen LogP contribution in [-0.4, -0.2) is 41.9 Å². The number of nitrogens with two attached hydrogens (primary N) is 1. The summed E-state index contributed by atoms with van der Waals surface area (Å²) in [5.41, 5.74) is 4.36. The summed E-state index contributed by atoms with van der Waals surface area (Å²) in [5, 5.41) is 11.5. The minimum Gasteiger partial charge on any atom is -0.409 e. The maximum absolute atomic E-state index is 12.3. The minimum atomic E-state index is -3.63. The van der Waals surface area contributed by atoms with Gasteiger partial charge in [0.15, 0.2) is 5.84 Å². The van der Waals surface area contributed by atoms with Gasteiger partial charge in [-0.3, -0.25) is 0 Å². The number of hydrogen-bond donors (Lipinski definition) is 3. The quantitative estimate of drug-likeness (QED) is 0.296. The van der Waals surface area contributed by atoms with Crippen LogP contribution in [0.2, 0.25) is 0 Å². The van der Waals surface area contributed by atoms with Gasteiger partial charge >= 0.3 is 0 Å². The first-order chi connectivity index (χ1) is 8.20. The predicted octanol–water partition coefficient (Wildman–Crippen LogP) is 0.220. The van der Waals surface area contributed by atoms with Crippen LogP contribution >= 0.6 is 0 Å². The molecule has 0 spiro atoms. The zero-order valence-corrected chi connectivity index (χ0v) is 11.9. The number of hydrogen-bond acceptors (Lipinski definition) is 4. The van der Waals surface area contributed by atoms with Crippen molar-refractivity contribution in [3.8, 4) is 0 Å². The maximum Gasteiger partial charge on any atom is 0.280 e. The molecule has 106 valence electrons. The van der Waals surface area contributed by atoms with E-state index in [0.29, 0.717) is 6.54 Å². The van der Waals surface area contributed by atoms with Gasteiger partial charge in [0.1, 0.15) is 0 Å². The fourth-order valence-corrected chi connectivity index (χ4v) is 3.80. The standard InChI is InChI=1S/C10H22N4O3S/c1-8-6-4-5-7-14(8)18(16,17)13-10(2,3)9(11)12-15/h8,13,15H,4-7H2,1-3H3,(H2,11,12). The number of piperidine rings is 1. The number of nitrogens with zero attached hydrogens (tertiary/aromatic N) is 2. The van der Waals surface area contributed by atoms with Crippen LogP contribution < -0.4 is 10.5 Å². The second-order valence-corrected chi connectivity index (χ2v) is 6.80. The molecule has 0 aromatic rings. The molecule has 4 N–H and O–H groups in total. The molecule has 1 unspecified atom stereocenters. The Kier molecular flexibility index (Phi) is 4.57. The lowest BCUT2D eigenvalue weighted by Crippen LogP contribution is -2.58. The first-order valence-corrected chi connectivity index (χ1v) is 7.43. The van der Waals surface area contributed by atoms with Crippen LogP contribution in [0, 0.1) is 0 Å². The van der Waals surface area contributed by atoms with Gasteiger partial charge in [0, 0.05) is 12.6 Å². The van der Waals surface area contributed by atoms with E-state index in [1.54, 1.807) is 13.8 Å². The zero-order chi connectivity index (χ0) is 14.0. The van der Waals surface area contributed by atoms with E-state index in [1.807, 2.05) is 6.92 Å². The molecule has 7 nitrogen and oxygen atoms in total. The SMILES string of the molecule is CC1CCCCN1S(=O)(=O)NC(C)(C)/C(N)=N/O. The van der Waals surface area contributed by atoms with E-state index in [-0.39, 0.29) is 11.9 Å². The van der Waals surface area contributed by atoms with E-state index in [9.17, 15) is 8.42 Å². The fraction of sp³-hybridized carbons (Fsp3) is 0.900. The van der Waals surface area contributed by atoms with Gasteiger partial charge in [-0.25, -0.2) is 0 Å². The van der Waals surface area contributed by atoms with Crippen LogP contribution in [0.3, 0.4) is 0 Å². The van der Waals surface area contributed by atoms with Crippen LogP contribution in [-0.2, 0) is 10.2 Å². The van der Waals surface area contributed by atoms with Gasteiger partial charge in [0.2, 0.25) is 0 Å². The third kappa shape index (κ3) is 3.33. The molecule has 0 saturated carbocycles. The molecule has 1 saturated heterocycles. The van der Waals surface area contributed by atoms with Gasteiger partial charge in [0.05, 0.1) is 5.54 Å². The van der Waals surface area contributed by atoms with Crippen molar-refractivity contribution in [1.82, 2.24) is 9.03 Å². The second-order valence-electron chi connectivity index (χ2n) is 5.17. The molecule has 0 aliphatic carbocycles. The van der Waals surface area contributed by atoms with E-state index in [0.717, 1.165) is 19.3 Å². The third-order valence-corrected chi connectivity index (χ3v) is 5.11. The molecular weight excluding hydrogens is 256 g/mol. The van der Waals surface area contributed by atoms with Crippen molar-refractivity contribution in [2.45, 2.75) is 51.6 Å². The Morgan fingerprint density at radius 3 is 2.61 bits per heavy atom. The first kappa shape index (κ1) is 15.2. The molecule has 0 aromatic carbocycles. The summed E-state index contributed by atoms with van der Waals surface area (Å²) in [4.78, 5) is 0.